The number of rotatable bonds is 4. The molecule has 1 unspecified atom stereocenters. The average Bonchev–Trinajstić information content (AvgIpc) is 2.78. The molecule has 2 rings (SSSR count). The van der Waals surface area contributed by atoms with E-state index < -0.39 is 0 Å². The Morgan fingerprint density at radius 2 is 2.35 bits per heavy atom. The number of benzene rings is 1. The zero-order valence-corrected chi connectivity index (χ0v) is 10.2. The summed E-state index contributed by atoms with van der Waals surface area (Å²) in [7, 11) is 0. The number of Topliss-reactive ketones (excluding diaryl/α,β-unsaturated/α-hetero) is 1. The predicted molar refractivity (Wildman–Crippen MR) is 67.1 cm³/mol. The predicted octanol–water partition coefficient (Wildman–Crippen LogP) is 2.04. The summed E-state index contributed by atoms with van der Waals surface area (Å²) in [4.78, 5) is 12.3. The SMILES string of the molecule is CCC1(C(=O)Cc2cccc(O)c2)CCCN1. The van der Waals surface area contributed by atoms with E-state index in [0.29, 0.717) is 6.42 Å². The molecule has 1 saturated heterocycles. The van der Waals surface area contributed by atoms with Crippen molar-refractivity contribution in [2.45, 2.75) is 38.1 Å². The van der Waals surface area contributed by atoms with E-state index in [1.54, 1.807) is 18.2 Å². The van der Waals surface area contributed by atoms with E-state index in [2.05, 4.69) is 12.2 Å². The number of nitrogens with one attached hydrogen (secondary N) is 1. The molecule has 0 amide bonds. The van der Waals surface area contributed by atoms with Crippen molar-refractivity contribution in [3.8, 4) is 5.75 Å². The zero-order valence-electron chi connectivity index (χ0n) is 10.2. The first kappa shape index (κ1) is 12.1. The third-order valence-corrected chi connectivity index (χ3v) is 3.66. The Labute approximate surface area is 102 Å². The van der Waals surface area contributed by atoms with Crippen LogP contribution in [-0.4, -0.2) is 23.0 Å². The van der Waals surface area contributed by atoms with Gasteiger partial charge in [-0.05, 0) is 43.5 Å². The lowest BCUT2D eigenvalue weighted by Crippen LogP contribution is -2.47. The molecule has 1 aliphatic rings. The summed E-state index contributed by atoms with van der Waals surface area (Å²) in [6, 6.07) is 6.95. The molecular weight excluding hydrogens is 214 g/mol. The van der Waals surface area contributed by atoms with Gasteiger partial charge >= 0.3 is 0 Å². The fourth-order valence-electron chi connectivity index (χ4n) is 2.56. The highest BCUT2D eigenvalue weighted by Crippen LogP contribution is 2.26. The van der Waals surface area contributed by atoms with Crippen LogP contribution in [0.15, 0.2) is 24.3 Å². The molecule has 1 atom stereocenters. The first-order valence-corrected chi connectivity index (χ1v) is 6.22. The Hall–Kier alpha value is -1.35. The van der Waals surface area contributed by atoms with Crippen LogP contribution in [0.5, 0.6) is 5.75 Å². The minimum Gasteiger partial charge on any atom is -0.508 e. The van der Waals surface area contributed by atoms with Crippen molar-refractivity contribution in [1.82, 2.24) is 5.32 Å². The third kappa shape index (κ3) is 2.50. The molecule has 0 aromatic heterocycles. The normalized spacial score (nSPS) is 23.8. The quantitative estimate of drug-likeness (QED) is 0.836. The molecule has 1 fully saturated rings. The van der Waals surface area contributed by atoms with Crippen LogP contribution in [0.2, 0.25) is 0 Å². The molecule has 0 bridgehead atoms. The highest BCUT2D eigenvalue weighted by atomic mass is 16.3. The van der Waals surface area contributed by atoms with E-state index in [-0.39, 0.29) is 17.1 Å². The summed E-state index contributed by atoms with van der Waals surface area (Å²) >= 11 is 0. The van der Waals surface area contributed by atoms with E-state index in [1.807, 2.05) is 6.07 Å². The lowest BCUT2D eigenvalue weighted by molar-refractivity contribution is -0.124. The first-order valence-electron chi connectivity index (χ1n) is 6.22. The Bertz CT molecular complexity index is 408. The van der Waals surface area contributed by atoms with Crippen molar-refractivity contribution >= 4 is 5.78 Å². The summed E-state index contributed by atoms with van der Waals surface area (Å²) in [5.41, 5.74) is 0.558. The van der Waals surface area contributed by atoms with Crippen molar-refractivity contribution in [3.63, 3.8) is 0 Å². The molecule has 1 aromatic carbocycles. The standard InChI is InChI=1S/C14H19NO2/c1-2-14(7-4-8-15-14)13(17)10-11-5-3-6-12(16)9-11/h3,5-6,9,15-16H,2,4,7-8,10H2,1H3. The lowest BCUT2D eigenvalue weighted by atomic mass is 9.86. The molecule has 1 aliphatic heterocycles. The molecule has 3 nitrogen and oxygen atoms in total. The summed E-state index contributed by atoms with van der Waals surface area (Å²) < 4.78 is 0. The highest BCUT2D eigenvalue weighted by Gasteiger charge is 2.38. The largest absolute Gasteiger partial charge is 0.508 e. The van der Waals surface area contributed by atoms with Gasteiger partial charge in [0, 0.05) is 6.42 Å². The molecule has 92 valence electrons. The number of phenolic OH excluding ortho intramolecular Hbond substituents is 1. The van der Waals surface area contributed by atoms with Crippen LogP contribution in [0.1, 0.15) is 31.7 Å². The maximum atomic E-state index is 12.3. The minimum atomic E-state index is -0.328. The number of carbonyl (C=O) groups is 1. The van der Waals surface area contributed by atoms with E-state index in [9.17, 15) is 9.90 Å². The summed E-state index contributed by atoms with van der Waals surface area (Å²) in [5, 5.41) is 12.7. The van der Waals surface area contributed by atoms with Gasteiger partial charge < -0.3 is 10.4 Å². The van der Waals surface area contributed by atoms with Crippen LogP contribution in [0.3, 0.4) is 0 Å². The van der Waals surface area contributed by atoms with Gasteiger partial charge in [0.2, 0.25) is 0 Å². The molecule has 1 heterocycles. The Balaban J connectivity index is 2.10. The van der Waals surface area contributed by atoms with Crippen molar-refractivity contribution in [3.05, 3.63) is 29.8 Å². The third-order valence-electron chi connectivity index (χ3n) is 3.66. The Morgan fingerprint density at radius 1 is 1.53 bits per heavy atom. The van der Waals surface area contributed by atoms with Gasteiger partial charge in [0.05, 0.1) is 5.54 Å². The number of carbonyl (C=O) groups excluding carboxylic acids is 1. The number of hydrogen-bond donors (Lipinski definition) is 2. The molecule has 0 spiro atoms. The number of phenols is 1. The molecule has 3 heteroatoms. The molecule has 0 saturated carbocycles. The lowest BCUT2D eigenvalue weighted by Gasteiger charge is -2.26. The number of hydrogen-bond acceptors (Lipinski definition) is 3. The van der Waals surface area contributed by atoms with Crippen molar-refractivity contribution in [2.24, 2.45) is 0 Å². The highest BCUT2D eigenvalue weighted by molar-refractivity contribution is 5.90. The topological polar surface area (TPSA) is 49.3 Å². The van der Waals surface area contributed by atoms with Gasteiger partial charge in [0.15, 0.2) is 5.78 Å². The van der Waals surface area contributed by atoms with Crippen LogP contribution >= 0.6 is 0 Å². The van der Waals surface area contributed by atoms with Crippen LogP contribution < -0.4 is 5.32 Å². The van der Waals surface area contributed by atoms with E-state index >= 15 is 0 Å². The second-order valence-electron chi connectivity index (χ2n) is 4.74. The first-order chi connectivity index (χ1) is 8.16. The van der Waals surface area contributed by atoms with Crippen molar-refractivity contribution in [2.75, 3.05) is 6.54 Å². The summed E-state index contributed by atoms with van der Waals surface area (Å²) in [5.74, 6) is 0.461. The van der Waals surface area contributed by atoms with Gasteiger partial charge in [-0.25, -0.2) is 0 Å². The van der Waals surface area contributed by atoms with Crippen LogP contribution in [-0.2, 0) is 11.2 Å². The molecule has 2 N–H and O–H groups in total. The van der Waals surface area contributed by atoms with Crippen LogP contribution in [0.25, 0.3) is 0 Å². The van der Waals surface area contributed by atoms with Gasteiger partial charge in [0.25, 0.3) is 0 Å². The fraction of sp³-hybridized carbons (Fsp3) is 0.500. The summed E-state index contributed by atoms with van der Waals surface area (Å²) in [6.45, 7) is 2.98. The molecule has 17 heavy (non-hydrogen) atoms. The number of ketones is 1. The maximum absolute atomic E-state index is 12.3. The van der Waals surface area contributed by atoms with Crippen LogP contribution in [0.4, 0.5) is 0 Å². The molecule has 1 aromatic rings. The van der Waals surface area contributed by atoms with Crippen molar-refractivity contribution < 1.29 is 9.90 Å². The smallest absolute Gasteiger partial charge is 0.157 e. The second kappa shape index (κ2) is 4.88. The Morgan fingerprint density at radius 3 is 2.94 bits per heavy atom. The van der Waals surface area contributed by atoms with E-state index in [0.717, 1.165) is 31.4 Å². The average molecular weight is 233 g/mol. The zero-order chi connectivity index (χ0) is 12.3. The molecule has 0 aliphatic carbocycles. The van der Waals surface area contributed by atoms with Gasteiger partial charge in [-0.15, -0.1) is 0 Å². The van der Waals surface area contributed by atoms with Gasteiger partial charge in [-0.1, -0.05) is 19.1 Å². The fourth-order valence-corrected chi connectivity index (χ4v) is 2.56. The van der Waals surface area contributed by atoms with Gasteiger partial charge in [0.1, 0.15) is 5.75 Å². The van der Waals surface area contributed by atoms with E-state index in [1.165, 1.54) is 0 Å². The van der Waals surface area contributed by atoms with Gasteiger partial charge in [-0.2, -0.15) is 0 Å². The number of aromatic hydroxyl groups is 1. The summed E-state index contributed by atoms with van der Waals surface area (Å²) in [6.07, 6.45) is 3.24. The molecular formula is C14H19NO2. The van der Waals surface area contributed by atoms with E-state index in [4.69, 9.17) is 0 Å². The Kier molecular flexibility index (Phi) is 3.48. The van der Waals surface area contributed by atoms with Crippen LogP contribution in [0, 0.1) is 0 Å². The van der Waals surface area contributed by atoms with Gasteiger partial charge in [-0.3, -0.25) is 4.79 Å². The monoisotopic (exact) mass is 233 g/mol. The maximum Gasteiger partial charge on any atom is 0.157 e. The minimum absolute atomic E-state index is 0.222. The second-order valence-corrected chi connectivity index (χ2v) is 4.74. The van der Waals surface area contributed by atoms with Crippen molar-refractivity contribution in [1.29, 1.82) is 0 Å². The molecule has 0 radical (unpaired) electrons.